The SMILES string of the molecule is C[C@H]1CN(C(=O)Cc2ccc(B3OC(C)(C)C(C)(C)O3)cc2)CCO1. The number of hydrogen-bond donors (Lipinski definition) is 0. The van der Waals surface area contributed by atoms with Crippen LogP contribution in [0.15, 0.2) is 24.3 Å². The molecule has 0 aliphatic carbocycles. The average molecular weight is 345 g/mol. The van der Waals surface area contributed by atoms with Crippen LogP contribution in [0.5, 0.6) is 0 Å². The molecule has 1 amide bonds. The lowest BCUT2D eigenvalue weighted by Crippen LogP contribution is -2.45. The number of ether oxygens (including phenoxy) is 1. The summed E-state index contributed by atoms with van der Waals surface area (Å²) in [6.45, 7) is 12.1. The Bertz CT molecular complexity index is 613. The molecule has 3 rings (SSSR count). The summed E-state index contributed by atoms with van der Waals surface area (Å²) in [5.74, 6) is 0.151. The van der Waals surface area contributed by atoms with E-state index < -0.39 is 0 Å². The molecule has 0 radical (unpaired) electrons. The van der Waals surface area contributed by atoms with Crippen molar-refractivity contribution in [3.8, 4) is 0 Å². The zero-order valence-electron chi connectivity index (χ0n) is 15.9. The molecule has 2 aliphatic heterocycles. The maximum Gasteiger partial charge on any atom is 0.494 e. The molecule has 1 aromatic carbocycles. The van der Waals surface area contributed by atoms with E-state index in [0.717, 1.165) is 11.0 Å². The van der Waals surface area contributed by atoms with E-state index in [9.17, 15) is 4.79 Å². The molecular formula is C19H28BNO4. The van der Waals surface area contributed by atoms with Crippen LogP contribution in [0.25, 0.3) is 0 Å². The van der Waals surface area contributed by atoms with Gasteiger partial charge in [0.05, 0.1) is 30.3 Å². The van der Waals surface area contributed by atoms with Crippen LogP contribution in [-0.4, -0.2) is 54.9 Å². The maximum absolute atomic E-state index is 12.4. The molecule has 2 fully saturated rings. The number of rotatable bonds is 3. The summed E-state index contributed by atoms with van der Waals surface area (Å²) in [6.07, 6.45) is 0.527. The molecule has 2 heterocycles. The lowest BCUT2D eigenvalue weighted by atomic mass is 9.79. The van der Waals surface area contributed by atoms with Crippen LogP contribution in [0.2, 0.25) is 0 Å². The van der Waals surface area contributed by atoms with E-state index in [1.165, 1.54) is 0 Å². The second kappa shape index (κ2) is 6.74. The Kier molecular flexibility index (Phi) is 4.97. The molecule has 0 N–H and O–H groups in total. The van der Waals surface area contributed by atoms with E-state index in [4.69, 9.17) is 14.0 Å². The third kappa shape index (κ3) is 3.91. The van der Waals surface area contributed by atoms with Crippen molar-refractivity contribution >= 4 is 18.5 Å². The van der Waals surface area contributed by atoms with Gasteiger partial charge in [-0.15, -0.1) is 0 Å². The molecule has 25 heavy (non-hydrogen) atoms. The van der Waals surface area contributed by atoms with Crippen molar-refractivity contribution in [3.63, 3.8) is 0 Å². The molecule has 0 spiro atoms. The Balaban J connectivity index is 1.62. The van der Waals surface area contributed by atoms with Gasteiger partial charge < -0.3 is 18.9 Å². The lowest BCUT2D eigenvalue weighted by Gasteiger charge is -2.32. The van der Waals surface area contributed by atoms with E-state index in [-0.39, 0.29) is 30.3 Å². The Morgan fingerprint density at radius 1 is 1.16 bits per heavy atom. The highest BCUT2D eigenvalue weighted by Gasteiger charge is 2.51. The number of amides is 1. The molecule has 1 atom stereocenters. The number of carbonyl (C=O) groups excluding carboxylic acids is 1. The fourth-order valence-corrected chi connectivity index (χ4v) is 3.10. The van der Waals surface area contributed by atoms with E-state index in [2.05, 4.69) is 0 Å². The highest BCUT2D eigenvalue weighted by atomic mass is 16.7. The third-order valence-electron chi connectivity index (χ3n) is 5.45. The van der Waals surface area contributed by atoms with Gasteiger partial charge in [0.25, 0.3) is 0 Å². The fraction of sp³-hybridized carbons (Fsp3) is 0.632. The number of carbonyl (C=O) groups is 1. The number of nitrogens with zero attached hydrogens (tertiary/aromatic N) is 1. The minimum absolute atomic E-state index is 0.114. The monoisotopic (exact) mass is 345 g/mol. The fourth-order valence-electron chi connectivity index (χ4n) is 3.10. The van der Waals surface area contributed by atoms with Crippen LogP contribution in [0.3, 0.4) is 0 Å². The first-order valence-electron chi connectivity index (χ1n) is 9.02. The van der Waals surface area contributed by atoms with Crippen LogP contribution in [0, 0.1) is 0 Å². The van der Waals surface area contributed by atoms with Crippen molar-refractivity contribution in [2.24, 2.45) is 0 Å². The van der Waals surface area contributed by atoms with Crippen LogP contribution >= 0.6 is 0 Å². The van der Waals surface area contributed by atoms with Crippen molar-refractivity contribution in [3.05, 3.63) is 29.8 Å². The minimum atomic E-state index is -0.366. The summed E-state index contributed by atoms with van der Waals surface area (Å²) in [5.41, 5.74) is 1.29. The standard InChI is InChI=1S/C19H28BNO4/c1-14-13-21(10-11-23-14)17(22)12-15-6-8-16(9-7-15)20-24-18(2,3)19(4,5)25-20/h6-9,14H,10-13H2,1-5H3/t14-/m0/s1. The first-order valence-corrected chi connectivity index (χ1v) is 9.02. The predicted molar refractivity (Wildman–Crippen MR) is 97.9 cm³/mol. The van der Waals surface area contributed by atoms with Crippen LogP contribution in [-0.2, 0) is 25.3 Å². The molecule has 0 bridgehead atoms. The Morgan fingerprint density at radius 2 is 1.76 bits per heavy atom. The highest BCUT2D eigenvalue weighted by Crippen LogP contribution is 2.36. The highest BCUT2D eigenvalue weighted by molar-refractivity contribution is 6.62. The molecular weight excluding hydrogens is 317 g/mol. The summed E-state index contributed by atoms with van der Waals surface area (Å²) in [4.78, 5) is 14.3. The molecule has 6 heteroatoms. The second-order valence-corrected chi connectivity index (χ2v) is 8.03. The number of benzene rings is 1. The van der Waals surface area contributed by atoms with Gasteiger partial charge in [0, 0.05) is 13.1 Å². The molecule has 136 valence electrons. The largest absolute Gasteiger partial charge is 0.494 e. The van der Waals surface area contributed by atoms with E-state index in [1.807, 2.05) is 63.8 Å². The zero-order valence-corrected chi connectivity index (χ0v) is 15.9. The maximum atomic E-state index is 12.4. The lowest BCUT2D eigenvalue weighted by molar-refractivity contribution is -0.137. The van der Waals surface area contributed by atoms with Gasteiger partial charge >= 0.3 is 7.12 Å². The summed E-state index contributed by atoms with van der Waals surface area (Å²) in [7, 11) is -0.366. The average Bonchev–Trinajstić information content (AvgIpc) is 2.76. The van der Waals surface area contributed by atoms with Crippen molar-refractivity contribution in [1.29, 1.82) is 0 Å². The van der Waals surface area contributed by atoms with Crippen molar-refractivity contribution in [2.75, 3.05) is 19.7 Å². The van der Waals surface area contributed by atoms with Crippen molar-refractivity contribution in [1.82, 2.24) is 4.90 Å². The van der Waals surface area contributed by atoms with Gasteiger partial charge in [0.15, 0.2) is 0 Å². The smallest absolute Gasteiger partial charge is 0.399 e. The normalized spacial score (nSPS) is 25.2. The number of morpholine rings is 1. The molecule has 2 aliphatic rings. The predicted octanol–water partition coefficient (Wildman–Crippen LogP) is 1.78. The van der Waals surface area contributed by atoms with Gasteiger partial charge in [0.1, 0.15) is 0 Å². The molecule has 2 saturated heterocycles. The Morgan fingerprint density at radius 3 is 2.32 bits per heavy atom. The van der Waals surface area contributed by atoms with Gasteiger partial charge in [-0.2, -0.15) is 0 Å². The van der Waals surface area contributed by atoms with Crippen LogP contribution < -0.4 is 5.46 Å². The topological polar surface area (TPSA) is 48.0 Å². The first-order chi connectivity index (χ1) is 11.7. The zero-order chi connectivity index (χ0) is 18.2. The van der Waals surface area contributed by atoms with E-state index in [1.54, 1.807) is 0 Å². The molecule has 5 nitrogen and oxygen atoms in total. The van der Waals surface area contributed by atoms with Crippen molar-refractivity contribution < 1.29 is 18.8 Å². The summed E-state index contributed by atoms with van der Waals surface area (Å²) in [6, 6.07) is 7.96. The van der Waals surface area contributed by atoms with E-state index in [0.29, 0.717) is 26.1 Å². The summed E-state index contributed by atoms with van der Waals surface area (Å²) >= 11 is 0. The Labute approximate surface area is 150 Å². The van der Waals surface area contributed by atoms with Crippen LogP contribution in [0.1, 0.15) is 40.2 Å². The first kappa shape index (κ1) is 18.4. The third-order valence-corrected chi connectivity index (χ3v) is 5.45. The van der Waals surface area contributed by atoms with Crippen LogP contribution in [0.4, 0.5) is 0 Å². The molecule has 0 aromatic heterocycles. The Hall–Kier alpha value is -1.37. The van der Waals surface area contributed by atoms with E-state index >= 15 is 0 Å². The van der Waals surface area contributed by atoms with Gasteiger partial charge in [-0.25, -0.2) is 0 Å². The quantitative estimate of drug-likeness (QED) is 0.784. The second-order valence-electron chi connectivity index (χ2n) is 8.03. The molecule has 0 unspecified atom stereocenters. The van der Waals surface area contributed by atoms with Gasteiger partial charge in [0.2, 0.25) is 5.91 Å². The minimum Gasteiger partial charge on any atom is -0.399 e. The molecule has 1 aromatic rings. The van der Waals surface area contributed by atoms with Gasteiger partial charge in [-0.05, 0) is 45.6 Å². The summed E-state index contributed by atoms with van der Waals surface area (Å²) in [5, 5.41) is 0. The van der Waals surface area contributed by atoms with Gasteiger partial charge in [-0.3, -0.25) is 4.79 Å². The van der Waals surface area contributed by atoms with Crippen molar-refractivity contribution in [2.45, 2.75) is 58.3 Å². The summed E-state index contributed by atoms with van der Waals surface area (Å²) < 4.78 is 17.6. The molecule has 0 saturated carbocycles. The van der Waals surface area contributed by atoms with Gasteiger partial charge in [-0.1, -0.05) is 24.3 Å². The number of hydrogen-bond acceptors (Lipinski definition) is 4.